The molecule has 5 nitrogen and oxygen atoms in total. The second kappa shape index (κ2) is 5.27. The molecule has 1 aromatic heterocycles. The van der Waals surface area contributed by atoms with E-state index in [9.17, 15) is 4.79 Å². The first-order valence-electron chi connectivity index (χ1n) is 5.20. The molecular weight excluding hydrogens is 204 g/mol. The number of aromatic nitrogens is 1. The van der Waals surface area contributed by atoms with Gasteiger partial charge in [0.05, 0.1) is 6.17 Å². The van der Waals surface area contributed by atoms with Crippen molar-refractivity contribution in [1.29, 1.82) is 0 Å². The van der Waals surface area contributed by atoms with Crippen molar-refractivity contribution in [3.8, 4) is 0 Å². The number of rotatable bonds is 2. The SMILES string of the molecule is O=C(Nc1ccncc1)NC1CC=CCN1. The Morgan fingerprint density at radius 2 is 2.19 bits per heavy atom. The molecule has 0 aromatic carbocycles. The van der Waals surface area contributed by atoms with Gasteiger partial charge in [-0.2, -0.15) is 0 Å². The number of amides is 2. The smallest absolute Gasteiger partial charge is 0.320 e. The van der Waals surface area contributed by atoms with Crippen LogP contribution in [0.1, 0.15) is 6.42 Å². The molecule has 2 heterocycles. The Balaban J connectivity index is 1.82. The summed E-state index contributed by atoms with van der Waals surface area (Å²) < 4.78 is 0. The Morgan fingerprint density at radius 3 is 2.88 bits per heavy atom. The van der Waals surface area contributed by atoms with Gasteiger partial charge in [0.1, 0.15) is 0 Å². The zero-order valence-electron chi connectivity index (χ0n) is 8.81. The summed E-state index contributed by atoms with van der Waals surface area (Å²) in [5.41, 5.74) is 0.735. The van der Waals surface area contributed by atoms with Crippen molar-refractivity contribution in [3.63, 3.8) is 0 Å². The first kappa shape index (κ1) is 10.6. The molecule has 0 spiro atoms. The molecule has 2 rings (SSSR count). The molecule has 84 valence electrons. The lowest BCUT2D eigenvalue weighted by molar-refractivity contribution is 0.246. The Bertz CT molecular complexity index is 377. The summed E-state index contributed by atoms with van der Waals surface area (Å²) in [5.74, 6) is 0. The normalized spacial score (nSPS) is 19.1. The van der Waals surface area contributed by atoms with Crippen LogP contribution in [0.3, 0.4) is 0 Å². The second-order valence-corrected chi connectivity index (χ2v) is 3.50. The lowest BCUT2D eigenvalue weighted by Crippen LogP contribution is -2.48. The molecule has 2 amide bonds. The predicted octanol–water partition coefficient (Wildman–Crippen LogP) is 1.08. The van der Waals surface area contributed by atoms with Crippen molar-refractivity contribution in [1.82, 2.24) is 15.6 Å². The summed E-state index contributed by atoms with van der Waals surface area (Å²) >= 11 is 0. The summed E-state index contributed by atoms with van der Waals surface area (Å²) in [6.45, 7) is 0.792. The van der Waals surface area contributed by atoms with E-state index in [4.69, 9.17) is 0 Å². The fraction of sp³-hybridized carbons (Fsp3) is 0.273. The number of nitrogens with zero attached hydrogens (tertiary/aromatic N) is 1. The van der Waals surface area contributed by atoms with Crippen LogP contribution in [-0.2, 0) is 0 Å². The van der Waals surface area contributed by atoms with Gasteiger partial charge in [0.25, 0.3) is 0 Å². The van der Waals surface area contributed by atoms with Crippen LogP contribution < -0.4 is 16.0 Å². The molecule has 1 aromatic rings. The third-order valence-corrected chi connectivity index (χ3v) is 2.26. The maximum absolute atomic E-state index is 11.6. The molecule has 3 N–H and O–H groups in total. The van der Waals surface area contributed by atoms with Crippen LogP contribution in [0.15, 0.2) is 36.7 Å². The van der Waals surface area contributed by atoms with E-state index in [0.29, 0.717) is 0 Å². The molecule has 1 aliphatic rings. The van der Waals surface area contributed by atoms with Crippen LogP contribution in [0, 0.1) is 0 Å². The van der Waals surface area contributed by atoms with Crippen LogP contribution >= 0.6 is 0 Å². The highest BCUT2D eigenvalue weighted by atomic mass is 16.2. The summed E-state index contributed by atoms with van der Waals surface area (Å²) in [6.07, 6.45) is 8.18. The lowest BCUT2D eigenvalue weighted by atomic mass is 10.2. The van der Waals surface area contributed by atoms with E-state index in [0.717, 1.165) is 18.7 Å². The Kier molecular flexibility index (Phi) is 3.50. The maximum atomic E-state index is 11.6. The van der Waals surface area contributed by atoms with Gasteiger partial charge >= 0.3 is 6.03 Å². The van der Waals surface area contributed by atoms with E-state index >= 15 is 0 Å². The highest BCUT2D eigenvalue weighted by Crippen LogP contribution is 2.03. The summed E-state index contributed by atoms with van der Waals surface area (Å²) in [7, 11) is 0. The van der Waals surface area contributed by atoms with Crippen molar-refractivity contribution >= 4 is 11.7 Å². The van der Waals surface area contributed by atoms with Crippen LogP contribution in [0.2, 0.25) is 0 Å². The molecule has 0 aliphatic carbocycles. The molecule has 1 unspecified atom stereocenters. The number of urea groups is 1. The molecule has 1 atom stereocenters. The number of nitrogens with one attached hydrogen (secondary N) is 3. The zero-order chi connectivity index (χ0) is 11.2. The molecular formula is C11H14N4O. The van der Waals surface area contributed by atoms with Crippen LogP contribution in [0.25, 0.3) is 0 Å². The Labute approximate surface area is 94.0 Å². The number of pyridine rings is 1. The summed E-state index contributed by atoms with van der Waals surface area (Å²) in [4.78, 5) is 15.4. The predicted molar refractivity (Wildman–Crippen MR) is 61.9 cm³/mol. The van der Waals surface area contributed by atoms with Crippen molar-refractivity contribution < 1.29 is 4.79 Å². The average Bonchev–Trinajstić information content (AvgIpc) is 2.31. The molecule has 0 bridgehead atoms. The fourth-order valence-electron chi connectivity index (χ4n) is 1.48. The van der Waals surface area contributed by atoms with E-state index in [1.54, 1.807) is 24.5 Å². The fourth-order valence-corrected chi connectivity index (χ4v) is 1.48. The molecule has 0 radical (unpaired) electrons. The molecule has 0 fully saturated rings. The summed E-state index contributed by atoms with van der Waals surface area (Å²) in [5, 5.41) is 8.73. The summed E-state index contributed by atoms with van der Waals surface area (Å²) in [6, 6.07) is 3.28. The van der Waals surface area contributed by atoms with Crippen LogP contribution in [-0.4, -0.2) is 23.7 Å². The zero-order valence-corrected chi connectivity index (χ0v) is 8.81. The topological polar surface area (TPSA) is 66.0 Å². The third-order valence-electron chi connectivity index (χ3n) is 2.26. The van der Waals surface area contributed by atoms with Crippen molar-refractivity contribution in [2.24, 2.45) is 0 Å². The standard InChI is InChI=1S/C11H14N4O/c16-11(14-9-4-7-12-8-5-9)15-10-3-1-2-6-13-10/h1-2,4-5,7-8,10,13H,3,6H2,(H2,12,14,15,16). The monoisotopic (exact) mass is 218 g/mol. The number of carbonyl (C=O) groups excluding carboxylic acids is 1. The van der Waals surface area contributed by atoms with E-state index in [2.05, 4.69) is 20.9 Å². The van der Waals surface area contributed by atoms with Crippen molar-refractivity contribution in [2.45, 2.75) is 12.6 Å². The minimum Gasteiger partial charge on any atom is -0.322 e. The first-order valence-corrected chi connectivity index (χ1v) is 5.20. The Hall–Kier alpha value is -1.88. The quantitative estimate of drug-likeness (QED) is 0.651. The van der Waals surface area contributed by atoms with Gasteiger partial charge in [-0.3, -0.25) is 10.3 Å². The van der Waals surface area contributed by atoms with Gasteiger partial charge in [0.15, 0.2) is 0 Å². The first-order chi connectivity index (χ1) is 7.84. The minimum absolute atomic E-state index is 0.00633. The van der Waals surface area contributed by atoms with Crippen LogP contribution in [0.4, 0.5) is 10.5 Å². The number of anilines is 1. The minimum atomic E-state index is -0.209. The van der Waals surface area contributed by atoms with Gasteiger partial charge in [0, 0.05) is 24.6 Å². The van der Waals surface area contributed by atoms with Gasteiger partial charge in [-0.25, -0.2) is 4.79 Å². The van der Waals surface area contributed by atoms with Crippen LogP contribution in [0.5, 0.6) is 0 Å². The van der Waals surface area contributed by atoms with Crippen molar-refractivity contribution in [3.05, 3.63) is 36.7 Å². The second-order valence-electron chi connectivity index (χ2n) is 3.50. The number of carbonyl (C=O) groups is 1. The number of hydrogen-bond acceptors (Lipinski definition) is 3. The van der Waals surface area contributed by atoms with Gasteiger partial charge < -0.3 is 10.6 Å². The highest BCUT2D eigenvalue weighted by Gasteiger charge is 2.11. The third kappa shape index (κ3) is 3.06. The molecule has 1 aliphatic heterocycles. The molecule has 0 saturated heterocycles. The van der Waals surface area contributed by atoms with E-state index < -0.39 is 0 Å². The van der Waals surface area contributed by atoms with Crippen molar-refractivity contribution in [2.75, 3.05) is 11.9 Å². The lowest BCUT2D eigenvalue weighted by Gasteiger charge is -2.21. The largest absolute Gasteiger partial charge is 0.322 e. The van der Waals surface area contributed by atoms with Gasteiger partial charge in [-0.05, 0) is 18.6 Å². The van der Waals surface area contributed by atoms with E-state index in [-0.39, 0.29) is 12.2 Å². The molecule has 16 heavy (non-hydrogen) atoms. The molecule has 0 saturated carbocycles. The Morgan fingerprint density at radius 1 is 1.38 bits per heavy atom. The molecule has 5 heteroatoms. The highest BCUT2D eigenvalue weighted by molar-refractivity contribution is 5.89. The maximum Gasteiger partial charge on any atom is 0.320 e. The van der Waals surface area contributed by atoms with E-state index in [1.807, 2.05) is 12.2 Å². The van der Waals surface area contributed by atoms with Gasteiger partial charge in [0.2, 0.25) is 0 Å². The average molecular weight is 218 g/mol. The van der Waals surface area contributed by atoms with E-state index in [1.165, 1.54) is 0 Å². The van der Waals surface area contributed by atoms with Gasteiger partial charge in [-0.15, -0.1) is 0 Å². The number of hydrogen-bond donors (Lipinski definition) is 3. The van der Waals surface area contributed by atoms with Gasteiger partial charge in [-0.1, -0.05) is 12.2 Å².